The lowest BCUT2D eigenvalue weighted by Crippen LogP contribution is -2.13. The van der Waals surface area contributed by atoms with E-state index in [0.717, 1.165) is 18.9 Å². The molecule has 1 rings (SSSR count). The molecule has 106 valence electrons. The summed E-state index contributed by atoms with van der Waals surface area (Å²) in [6.07, 6.45) is 3.73. The van der Waals surface area contributed by atoms with E-state index in [-0.39, 0.29) is 11.7 Å². The number of benzene rings is 1. The van der Waals surface area contributed by atoms with Gasteiger partial charge in [-0.15, -0.1) is 0 Å². The van der Waals surface area contributed by atoms with Gasteiger partial charge in [0.25, 0.3) is 0 Å². The summed E-state index contributed by atoms with van der Waals surface area (Å²) in [5, 5.41) is 0. The van der Waals surface area contributed by atoms with Gasteiger partial charge >= 0.3 is 0 Å². The van der Waals surface area contributed by atoms with Gasteiger partial charge in [0, 0.05) is 18.6 Å². The van der Waals surface area contributed by atoms with Crippen molar-refractivity contribution in [3.63, 3.8) is 0 Å². The highest BCUT2D eigenvalue weighted by atomic mass is 19.2. The van der Waals surface area contributed by atoms with Crippen molar-refractivity contribution in [2.75, 3.05) is 7.11 Å². The van der Waals surface area contributed by atoms with Crippen LogP contribution in [0.15, 0.2) is 18.2 Å². The topological polar surface area (TPSA) is 26.3 Å². The van der Waals surface area contributed by atoms with Crippen LogP contribution in [0.4, 0.5) is 8.78 Å². The predicted octanol–water partition coefficient (Wildman–Crippen LogP) is 3.84. The Kier molecular flexibility index (Phi) is 6.64. The zero-order chi connectivity index (χ0) is 14.3. The third-order valence-corrected chi connectivity index (χ3v) is 3.29. The van der Waals surface area contributed by atoms with E-state index in [2.05, 4.69) is 6.92 Å². The van der Waals surface area contributed by atoms with E-state index in [1.807, 2.05) is 0 Å². The molecule has 0 spiro atoms. The molecule has 1 aromatic rings. The number of carbonyl (C=O) groups is 1. The molecule has 0 aliphatic rings. The van der Waals surface area contributed by atoms with Gasteiger partial charge in [0.1, 0.15) is 6.29 Å². The maximum atomic E-state index is 13.6. The summed E-state index contributed by atoms with van der Waals surface area (Å²) in [4.78, 5) is 11.1. The third kappa shape index (κ3) is 4.39. The van der Waals surface area contributed by atoms with Crippen molar-refractivity contribution in [1.29, 1.82) is 0 Å². The van der Waals surface area contributed by atoms with E-state index >= 15 is 0 Å². The molecule has 4 heteroatoms. The van der Waals surface area contributed by atoms with Crippen LogP contribution in [0, 0.1) is 11.6 Å². The fourth-order valence-corrected chi connectivity index (χ4v) is 2.17. The quantitative estimate of drug-likeness (QED) is 0.671. The Hall–Kier alpha value is -1.29. The lowest BCUT2D eigenvalue weighted by molar-refractivity contribution is -0.109. The second-order valence-corrected chi connectivity index (χ2v) is 4.61. The molecule has 0 N–H and O–H groups in total. The average Bonchev–Trinajstić information content (AvgIpc) is 2.42. The summed E-state index contributed by atoms with van der Waals surface area (Å²) < 4.78 is 32.1. The largest absolute Gasteiger partial charge is 0.381 e. The highest BCUT2D eigenvalue weighted by Gasteiger charge is 2.19. The molecular formula is C15H20F2O2. The molecule has 0 fully saturated rings. The van der Waals surface area contributed by atoms with Crippen LogP contribution in [-0.2, 0) is 9.53 Å². The van der Waals surface area contributed by atoms with Crippen LogP contribution >= 0.6 is 0 Å². The Balaban J connectivity index is 2.73. The Morgan fingerprint density at radius 3 is 2.58 bits per heavy atom. The van der Waals surface area contributed by atoms with Gasteiger partial charge in [-0.3, -0.25) is 0 Å². The first kappa shape index (κ1) is 15.8. The predicted molar refractivity (Wildman–Crippen MR) is 70.1 cm³/mol. The van der Waals surface area contributed by atoms with E-state index in [9.17, 15) is 13.6 Å². The van der Waals surface area contributed by atoms with Gasteiger partial charge in [0.2, 0.25) is 0 Å². The lowest BCUT2D eigenvalue weighted by Gasteiger charge is -2.17. The molecule has 0 aliphatic carbocycles. The van der Waals surface area contributed by atoms with Crippen molar-refractivity contribution >= 4 is 6.29 Å². The van der Waals surface area contributed by atoms with Gasteiger partial charge in [-0.05, 0) is 25.3 Å². The highest BCUT2D eigenvalue weighted by Crippen LogP contribution is 2.25. The highest BCUT2D eigenvalue weighted by molar-refractivity contribution is 5.62. The summed E-state index contributed by atoms with van der Waals surface area (Å²) in [7, 11) is 1.62. The molecule has 0 bridgehead atoms. The second kappa shape index (κ2) is 8.00. The lowest BCUT2D eigenvalue weighted by atomic mass is 9.93. The Bertz CT molecular complexity index is 407. The van der Waals surface area contributed by atoms with Crippen LogP contribution in [0.1, 0.15) is 44.1 Å². The fourth-order valence-electron chi connectivity index (χ4n) is 2.17. The average molecular weight is 270 g/mol. The van der Waals surface area contributed by atoms with Gasteiger partial charge in [-0.2, -0.15) is 0 Å². The maximum absolute atomic E-state index is 13.6. The summed E-state index contributed by atoms with van der Waals surface area (Å²) in [6.45, 7) is 2.05. The number of ether oxygens (including phenoxy) is 1. The van der Waals surface area contributed by atoms with E-state index in [1.165, 1.54) is 12.1 Å². The standard InChI is InChI=1S/C15H20F2O2/c1-3-5-12(19-2)9-8-11(10-18)13-6-4-7-14(16)15(13)17/h4,6-7,10-12H,3,5,8-9H2,1-2H3. The second-order valence-electron chi connectivity index (χ2n) is 4.61. The molecule has 0 amide bonds. The van der Waals surface area contributed by atoms with Crippen molar-refractivity contribution in [3.05, 3.63) is 35.4 Å². The van der Waals surface area contributed by atoms with Crippen LogP contribution in [0.25, 0.3) is 0 Å². The first-order chi connectivity index (χ1) is 9.13. The monoisotopic (exact) mass is 270 g/mol. The van der Waals surface area contributed by atoms with Crippen LogP contribution in [0.2, 0.25) is 0 Å². The SMILES string of the molecule is CCCC(CCC(C=O)c1cccc(F)c1F)OC. The van der Waals surface area contributed by atoms with Crippen molar-refractivity contribution in [1.82, 2.24) is 0 Å². The number of hydrogen-bond donors (Lipinski definition) is 0. The first-order valence-corrected chi connectivity index (χ1v) is 6.56. The van der Waals surface area contributed by atoms with Gasteiger partial charge in [0.15, 0.2) is 11.6 Å². The summed E-state index contributed by atoms with van der Waals surface area (Å²) in [6, 6.07) is 3.93. The third-order valence-electron chi connectivity index (χ3n) is 3.29. The summed E-state index contributed by atoms with van der Waals surface area (Å²) >= 11 is 0. The number of aldehydes is 1. The summed E-state index contributed by atoms with van der Waals surface area (Å²) in [5.74, 6) is -2.46. The molecule has 0 saturated carbocycles. The van der Waals surface area contributed by atoms with Crippen molar-refractivity contribution in [3.8, 4) is 0 Å². The molecule has 0 saturated heterocycles. The molecular weight excluding hydrogens is 250 g/mol. The minimum atomic E-state index is -0.927. The van der Waals surface area contributed by atoms with Crippen LogP contribution in [-0.4, -0.2) is 19.5 Å². The van der Waals surface area contributed by atoms with Crippen molar-refractivity contribution < 1.29 is 18.3 Å². The molecule has 2 atom stereocenters. The van der Waals surface area contributed by atoms with Gasteiger partial charge in [-0.25, -0.2) is 8.78 Å². The molecule has 0 heterocycles. The van der Waals surface area contributed by atoms with Gasteiger partial charge in [0.05, 0.1) is 6.10 Å². The number of methoxy groups -OCH3 is 1. The normalized spacial score (nSPS) is 14.1. The molecule has 19 heavy (non-hydrogen) atoms. The van der Waals surface area contributed by atoms with E-state index in [4.69, 9.17) is 4.74 Å². The summed E-state index contributed by atoms with van der Waals surface area (Å²) in [5.41, 5.74) is 0.126. The van der Waals surface area contributed by atoms with Crippen molar-refractivity contribution in [2.24, 2.45) is 0 Å². The fraction of sp³-hybridized carbons (Fsp3) is 0.533. The zero-order valence-electron chi connectivity index (χ0n) is 11.4. The van der Waals surface area contributed by atoms with Crippen molar-refractivity contribution in [2.45, 2.75) is 44.6 Å². The van der Waals surface area contributed by atoms with Gasteiger partial charge < -0.3 is 9.53 Å². The van der Waals surface area contributed by atoms with E-state index in [1.54, 1.807) is 7.11 Å². The van der Waals surface area contributed by atoms with E-state index in [0.29, 0.717) is 19.1 Å². The minimum Gasteiger partial charge on any atom is -0.381 e. The van der Waals surface area contributed by atoms with E-state index < -0.39 is 17.6 Å². The first-order valence-electron chi connectivity index (χ1n) is 6.56. The molecule has 0 aliphatic heterocycles. The Labute approximate surface area is 112 Å². The van der Waals surface area contributed by atoms with Crippen LogP contribution in [0.3, 0.4) is 0 Å². The molecule has 2 nitrogen and oxygen atoms in total. The number of hydrogen-bond acceptors (Lipinski definition) is 2. The molecule has 0 aromatic heterocycles. The van der Waals surface area contributed by atoms with Gasteiger partial charge in [-0.1, -0.05) is 25.5 Å². The number of carbonyl (C=O) groups excluding carboxylic acids is 1. The smallest absolute Gasteiger partial charge is 0.162 e. The number of rotatable bonds is 8. The van der Waals surface area contributed by atoms with Crippen LogP contribution in [0.5, 0.6) is 0 Å². The molecule has 0 radical (unpaired) electrons. The zero-order valence-corrected chi connectivity index (χ0v) is 11.4. The minimum absolute atomic E-state index is 0.0593. The molecule has 2 unspecified atom stereocenters. The van der Waals surface area contributed by atoms with Crippen LogP contribution < -0.4 is 0 Å². The molecule has 1 aromatic carbocycles. The Morgan fingerprint density at radius 1 is 1.26 bits per heavy atom. The number of halogens is 2. The Morgan fingerprint density at radius 2 is 2.00 bits per heavy atom. The maximum Gasteiger partial charge on any atom is 0.162 e.